The van der Waals surface area contributed by atoms with E-state index in [1.807, 2.05) is 19.2 Å². The van der Waals surface area contributed by atoms with Crippen molar-refractivity contribution < 1.29 is 4.39 Å². The Labute approximate surface area is 103 Å². The number of hydrogen-bond acceptors (Lipinski definition) is 2. The molecule has 1 unspecified atom stereocenters. The van der Waals surface area contributed by atoms with Gasteiger partial charge in [0.05, 0.1) is 0 Å². The van der Waals surface area contributed by atoms with Gasteiger partial charge in [0.15, 0.2) is 0 Å². The molecule has 1 atom stereocenters. The van der Waals surface area contributed by atoms with Gasteiger partial charge in [-0.3, -0.25) is 0 Å². The topological polar surface area (TPSA) is 15.3 Å². The Balaban J connectivity index is 2.03. The van der Waals surface area contributed by atoms with Crippen molar-refractivity contribution in [1.29, 1.82) is 0 Å². The Morgan fingerprint density at radius 2 is 1.94 bits per heavy atom. The fourth-order valence-corrected chi connectivity index (χ4v) is 2.50. The standard InChI is InChI=1S/C14H21FN2/c1-16-14(11-17-9-5-2-6-10-17)12-7-3-4-8-13(12)15/h3-4,7-8,14,16H,2,5-6,9-11H2,1H3. The maximum Gasteiger partial charge on any atom is 0.128 e. The van der Waals surface area contributed by atoms with Gasteiger partial charge in [-0.15, -0.1) is 0 Å². The molecule has 0 spiro atoms. The summed E-state index contributed by atoms with van der Waals surface area (Å²) in [6.45, 7) is 3.19. The van der Waals surface area contributed by atoms with E-state index in [1.165, 1.54) is 25.3 Å². The zero-order valence-electron chi connectivity index (χ0n) is 10.5. The van der Waals surface area contributed by atoms with E-state index < -0.39 is 0 Å². The number of benzene rings is 1. The molecule has 1 N–H and O–H groups in total. The largest absolute Gasteiger partial charge is 0.312 e. The second-order valence-electron chi connectivity index (χ2n) is 4.72. The SMILES string of the molecule is CNC(CN1CCCCC1)c1ccccc1F. The van der Waals surface area contributed by atoms with Crippen LogP contribution in [0.15, 0.2) is 24.3 Å². The van der Waals surface area contributed by atoms with Crippen molar-refractivity contribution in [3.8, 4) is 0 Å². The summed E-state index contributed by atoms with van der Waals surface area (Å²) in [6, 6.07) is 7.15. The van der Waals surface area contributed by atoms with Crippen molar-refractivity contribution in [3.63, 3.8) is 0 Å². The third-order valence-corrected chi connectivity index (χ3v) is 3.52. The molecular formula is C14H21FN2. The molecule has 1 fully saturated rings. The van der Waals surface area contributed by atoms with Crippen LogP contribution in [-0.4, -0.2) is 31.6 Å². The molecule has 1 heterocycles. The average molecular weight is 236 g/mol. The minimum absolute atomic E-state index is 0.0919. The normalized spacial score (nSPS) is 19.2. The highest BCUT2D eigenvalue weighted by Gasteiger charge is 2.18. The quantitative estimate of drug-likeness (QED) is 0.864. The van der Waals surface area contributed by atoms with Crippen LogP contribution in [0.5, 0.6) is 0 Å². The molecule has 2 rings (SSSR count). The van der Waals surface area contributed by atoms with Crippen molar-refractivity contribution in [2.75, 3.05) is 26.7 Å². The predicted octanol–water partition coefficient (Wildman–Crippen LogP) is 2.57. The molecule has 0 saturated carbocycles. The molecule has 94 valence electrons. The Kier molecular flexibility index (Phi) is 4.51. The molecule has 1 aliphatic heterocycles. The molecule has 2 nitrogen and oxygen atoms in total. The molecule has 0 bridgehead atoms. The molecule has 0 amide bonds. The van der Waals surface area contributed by atoms with Crippen LogP contribution in [0.1, 0.15) is 30.9 Å². The van der Waals surface area contributed by atoms with Crippen LogP contribution in [0.25, 0.3) is 0 Å². The van der Waals surface area contributed by atoms with E-state index in [-0.39, 0.29) is 11.9 Å². The van der Waals surface area contributed by atoms with Gasteiger partial charge >= 0.3 is 0 Å². The van der Waals surface area contributed by atoms with E-state index in [9.17, 15) is 4.39 Å². The predicted molar refractivity (Wildman–Crippen MR) is 68.5 cm³/mol. The van der Waals surface area contributed by atoms with E-state index in [0.717, 1.165) is 25.2 Å². The van der Waals surface area contributed by atoms with Gasteiger partial charge < -0.3 is 10.2 Å². The van der Waals surface area contributed by atoms with Crippen LogP contribution in [0.3, 0.4) is 0 Å². The van der Waals surface area contributed by atoms with Gasteiger partial charge in [-0.1, -0.05) is 24.6 Å². The smallest absolute Gasteiger partial charge is 0.128 e. The summed E-state index contributed by atoms with van der Waals surface area (Å²) in [7, 11) is 1.90. The molecule has 0 aliphatic carbocycles. The van der Waals surface area contributed by atoms with Crippen molar-refractivity contribution >= 4 is 0 Å². The van der Waals surface area contributed by atoms with Crippen molar-refractivity contribution in [2.45, 2.75) is 25.3 Å². The lowest BCUT2D eigenvalue weighted by atomic mass is 10.0. The van der Waals surface area contributed by atoms with Gasteiger partial charge in [0.1, 0.15) is 5.82 Å². The van der Waals surface area contributed by atoms with Crippen LogP contribution < -0.4 is 5.32 Å². The Morgan fingerprint density at radius 3 is 2.59 bits per heavy atom. The molecule has 0 aromatic heterocycles. The summed E-state index contributed by atoms with van der Waals surface area (Å²) in [5.41, 5.74) is 0.778. The highest BCUT2D eigenvalue weighted by Crippen LogP contribution is 2.19. The Morgan fingerprint density at radius 1 is 1.24 bits per heavy atom. The highest BCUT2D eigenvalue weighted by molar-refractivity contribution is 5.21. The number of nitrogens with one attached hydrogen (secondary N) is 1. The fourth-order valence-electron chi connectivity index (χ4n) is 2.50. The first-order valence-electron chi connectivity index (χ1n) is 6.45. The lowest BCUT2D eigenvalue weighted by molar-refractivity contribution is 0.207. The summed E-state index contributed by atoms with van der Waals surface area (Å²) < 4.78 is 13.7. The van der Waals surface area contributed by atoms with Crippen molar-refractivity contribution in [3.05, 3.63) is 35.6 Å². The maximum absolute atomic E-state index is 13.7. The minimum atomic E-state index is -0.108. The van der Waals surface area contributed by atoms with Gasteiger partial charge in [-0.05, 0) is 39.0 Å². The van der Waals surface area contributed by atoms with Crippen LogP contribution in [0, 0.1) is 5.82 Å². The first kappa shape index (κ1) is 12.5. The zero-order valence-corrected chi connectivity index (χ0v) is 10.5. The van der Waals surface area contributed by atoms with Crippen LogP contribution in [-0.2, 0) is 0 Å². The lowest BCUT2D eigenvalue weighted by Gasteiger charge is -2.30. The number of piperidine rings is 1. The molecule has 1 aromatic carbocycles. The van der Waals surface area contributed by atoms with E-state index in [4.69, 9.17) is 0 Å². The number of likely N-dealkylation sites (tertiary alicyclic amines) is 1. The van der Waals surface area contributed by atoms with Crippen LogP contribution in [0.4, 0.5) is 4.39 Å². The summed E-state index contributed by atoms with van der Waals surface area (Å²) in [5, 5.41) is 3.22. The minimum Gasteiger partial charge on any atom is -0.312 e. The summed E-state index contributed by atoms with van der Waals surface area (Å²) in [5.74, 6) is -0.108. The Bertz CT molecular complexity index is 348. The third-order valence-electron chi connectivity index (χ3n) is 3.52. The summed E-state index contributed by atoms with van der Waals surface area (Å²) in [4.78, 5) is 2.43. The number of hydrogen-bond donors (Lipinski definition) is 1. The van der Waals surface area contributed by atoms with Gasteiger partial charge in [-0.25, -0.2) is 4.39 Å². The van der Waals surface area contributed by atoms with Crippen molar-refractivity contribution in [2.24, 2.45) is 0 Å². The zero-order chi connectivity index (χ0) is 12.1. The fraction of sp³-hybridized carbons (Fsp3) is 0.571. The summed E-state index contributed by atoms with van der Waals surface area (Å²) >= 11 is 0. The summed E-state index contributed by atoms with van der Waals surface area (Å²) in [6.07, 6.45) is 3.88. The average Bonchev–Trinajstić information content (AvgIpc) is 2.38. The van der Waals surface area contributed by atoms with Gasteiger partial charge in [0, 0.05) is 18.2 Å². The van der Waals surface area contributed by atoms with E-state index in [2.05, 4.69) is 10.2 Å². The number of likely N-dealkylation sites (N-methyl/N-ethyl adjacent to an activating group) is 1. The maximum atomic E-state index is 13.7. The van der Waals surface area contributed by atoms with Gasteiger partial charge in [-0.2, -0.15) is 0 Å². The highest BCUT2D eigenvalue weighted by atomic mass is 19.1. The van der Waals surface area contributed by atoms with E-state index >= 15 is 0 Å². The van der Waals surface area contributed by atoms with Gasteiger partial charge in [0.2, 0.25) is 0 Å². The molecule has 0 radical (unpaired) electrons. The van der Waals surface area contributed by atoms with E-state index in [1.54, 1.807) is 6.07 Å². The number of halogens is 1. The molecule has 3 heteroatoms. The second-order valence-corrected chi connectivity index (χ2v) is 4.72. The molecule has 1 aromatic rings. The molecule has 17 heavy (non-hydrogen) atoms. The number of nitrogens with zero attached hydrogens (tertiary/aromatic N) is 1. The third kappa shape index (κ3) is 3.27. The molecule has 1 saturated heterocycles. The molecular weight excluding hydrogens is 215 g/mol. The lowest BCUT2D eigenvalue weighted by Crippen LogP contribution is -2.37. The van der Waals surface area contributed by atoms with Crippen LogP contribution >= 0.6 is 0 Å². The van der Waals surface area contributed by atoms with Crippen molar-refractivity contribution in [1.82, 2.24) is 10.2 Å². The van der Waals surface area contributed by atoms with Gasteiger partial charge in [0.25, 0.3) is 0 Å². The molecule has 1 aliphatic rings. The second kappa shape index (κ2) is 6.12. The van der Waals surface area contributed by atoms with Crippen LogP contribution in [0.2, 0.25) is 0 Å². The number of rotatable bonds is 4. The van der Waals surface area contributed by atoms with E-state index in [0.29, 0.717) is 0 Å². The first-order valence-corrected chi connectivity index (χ1v) is 6.45. The monoisotopic (exact) mass is 236 g/mol. The Hall–Kier alpha value is -0.930. The first-order chi connectivity index (χ1) is 8.31.